The van der Waals surface area contributed by atoms with Crippen molar-refractivity contribution in [1.29, 1.82) is 0 Å². The highest BCUT2D eigenvalue weighted by atomic mass is 32.1. The molecular weight excluding hydrogens is 590 g/mol. The van der Waals surface area contributed by atoms with Gasteiger partial charge in [-0.05, 0) is 48.9 Å². The number of benzene rings is 2. The van der Waals surface area contributed by atoms with Crippen molar-refractivity contribution in [2.45, 2.75) is 26.3 Å². The van der Waals surface area contributed by atoms with Gasteiger partial charge in [0.2, 0.25) is 5.75 Å². The Morgan fingerprint density at radius 1 is 1.07 bits per heavy atom. The molecule has 4 aromatic rings. The number of hydrogen-bond donors (Lipinski definition) is 0. The second-order valence-corrected chi connectivity index (χ2v) is 10.7. The number of methoxy groups -OCH3 is 4. The molecule has 0 bridgehead atoms. The molecule has 12 nitrogen and oxygen atoms in total. The van der Waals surface area contributed by atoms with Gasteiger partial charge in [-0.15, -0.1) is 0 Å². The van der Waals surface area contributed by atoms with E-state index in [0.717, 1.165) is 11.3 Å². The Morgan fingerprint density at radius 3 is 2.36 bits per heavy atom. The number of hydrogen-bond acceptors (Lipinski definition) is 11. The van der Waals surface area contributed by atoms with E-state index in [2.05, 4.69) is 4.99 Å². The summed E-state index contributed by atoms with van der Waals surface area (Å²) >= 11 is 1.14. The molecule has 0 N–H and O–H groups in total. The SMILES string of the molecule is CCC(=O)C1=C(C)N=c2s/c(=C\c3ccc(-c4ccc(OC)cc4[N+](=O)[O-])o3)c(=O)n2C1c1cc(OC)c(OC)c(OC)c1. The van der Waals surface area contributed by atoms with Crippen molar-refractivity contribution in [2.75, 3.05) is 28.4 Å². The normalized spacial score (nSPS) is 14.6. The number of furan rings is 1. The van der Waals surface area contributed by atoms with E-state index in [1.54, 1.807) is 56.3 Å². The average Bonchev–Trinajstić information content (AvgIpc) is 3.62. The first-order chi connectivity index (χ1) is 21.1. The fourth-order valence-corrected chi connectivity index (χ4v) is 6.17. The van der Waals surface area contributed by atoms with Crippen LogP contribution in [-0.2, 0) is 4.79 Å². The van der Waals surface area contributed by atoms with Crippen molar-refractivity contribution in [2.24, 2.45) is 4.99 Å². The zero-order chi connectivity index (χ0) is 31.7. The molecule has 0 spiro atoms. The molecule has 13 heteroatoms. The number of thiazole rings is 1. The van der Waals surface area contributed by atoms with Crippen LogP contribution in [0.2, 0.25) is 0 Å². The van der Waals surface area contributed by atoms with Gasteiger partial charge in [0.15, 0.2) is 22.1 Å². The summed E-state index contributed by atoms with van der Waals surface area (Å²) in [6, 6.07) is 10.3. The Balaban J connectivity index is 1.67. The Labute approximate surface area is 255 Å². The Kier molecular flexibility index (Phi) is 8.41. The van der Waals surface area contributed by atoms with Crippen LogP contribution in [0.4, 0.5) is 5.69 Å². The predicted molar refractivity (Wildman–Crippen MR) is 163 cm³/mol. The van der Waals surface area contributed by atoms with Gasteiger partial charge in [0.1, 0.15) is 17.3 Å². The summed E-state index contributed by atoms with van der Waals surface area (Å²) in [5.74, 6) is 1.86. The second-order valence-electron chi connectivity index (χ2n) is 9.66. The Morgan fingerprint density at radius 2 is 1.77 bits per heavy atom. The minimum absolute atomic E-state index is 0.156. The first-order valence-corrected chi connectivity index (χ1v) is 14.3. The van der Waals surface area contributed by atoms with Crippen LogP contribution in [-0.4, -0.2) is 43.7 Å². The maximum atomic E-state index is 14.0. The molecule has 44 heavy (non-hydrogen) atoms. The number of Topliss-reactive ketones (excluding diaryl/α,β-unsaturated/α-hetero) is 1. The van der Waals surface area contributed by atoms with Crippen LogP contribution in [0.1, 0.15) is 37.6 Å². The lowest BCUT2D eigenvalue weighted by molar-refractivity contribution is -0.384. The van der Waals surface area contributed by atoms with Gasteiger partial charge < -0.3 is 23.4 Å². The van der Waals surface area contributed by atoms with Crippen molar-refractivity contribution in [3.63, 3.8) is 0 Å². The van der Waals surface area contributed by atoms with Crippen molar-refractivity contribution in [1.82, 2.24) is 4.57 Å². The number of carbonyl (C=O) groups is 1. The third-order valence-electron chi connectivity index (χ3n) is 7.21. The lowest BCUT2D eigenvalue weighted by Gasteiger charge is -2.26. The lowest BCUT2D eigenvalue weighted by atomic mass is 9.91. The largest absolute Gasteiger partial charge is 0.497 e. The maximum absolute atomic E-state index is 14.0. The lowest BCUT2D eigenvalue weighted by Crippen LogP contribution is -2.39. The third kappa shape index (κ3) is 5.26. The molecule has 5 rings (SSSR count). The van der Waals surface area contributed by atoms with Crippen molar-refractivity contribution >= 4 is 28.9 Å². The number of ether oxygens (including phenoxy) is 4. The van der Waals surface area contributed by atoms with Gasteiger partial charge in [-0.1, -0.05) is 18.3 Å². The summed E-state index contributed by atoms with van der Waals surface area (Å²) in [6.45, 7) is 3.49. The number of nitro groups is 1. The second kappa shape index (κ2) is 12.2. The van der Waals surface area contributed by atoms with Gasteiger partial charge in [-0.2, -0.15) is 0 Å². The van der Waals surface area contributed by atoms with E-state index in [1.165, 1.54) is 39.1 Å². The number of allylic oxidation sites excluding steroid dienone is 2. The highest BCUT2D eigenvalue weighted by Crippen LogP contribution is 2.42. The molecule has 0 amide bonds. The molecule has 1 atom stereocenters. The molecule has 1 aliphatic heterocycles. The van der Waals surface area contributed by atoms with Gasteiger partial charge in [0, 0.05) is 23.8 Å². The first-order valence-electron chi connectivity index (χ1n) is 13.4. The molecule has 1 unspecified atom stereocenters. The van der Waals surface area contributed by atoms with Crippen molar-refractivity contribution in [3.8, 4) is 34.3 Å². The van der Waals surface area contributed by atoms with Crippen LogP contribution in [0, 0.1) is 10.1 Å². The van der Waals surface area contributed by atoms with Crippen molar-refractivity contribution in [3.05, 3.63) is 94.9 Å². The van der Waals surface area contributed by atoms with E-state index in [-0.39, 0.29) is 29.2 Å². The number of rotatable bonds is 10. The van der Waals surface area contributed by atoms with Crippen LogP contribution >= 0.6 is 11.3 Å². The molecule has 3 heterocycles. The smallest absolute Gasteiger partial charge is 0.284 e. The van der Waals surface area contributed by atoms with E-state index in [1.807, 2.05) is 0 Å². The summed E-state index contributed by atoms with van der Waals surface area (Å²) in [5.41, 5.74) is 1.14. The molecule has 0 saturated carbocycles. The molecule has 2 aromatic heterocycles. The standard InChI is InChI=1S/C31H29N3O9S/c1-7-22(35)27-16(2)32-31-33(28(27)17-12-24(40-4)29(42-6)25(13-17)41-5)30(36)26(44-31)15-19-9-11-23(43-19)20-10-8-18(39-3)14-21(20)34(37)38/h8-15,28H,7H2,1-6H3/b26-15-. The average molecular weight is 620 g/mol. The molecular formula is C31H29N3O9S. The number of fused-ring (bicyclic) bond motifs is 1. The van der Waals surface area contributed by atoms with Gasteiger partial charge in [-0.3, -0.25) is 24.3 Å². The van der Waals surface area contributed by atoms with E-state index in [4.69, 9.17) is 23.4 Å². The van der Waals surface area contributed by atoms with Crippen LogP contribution in [0.5, 0.6) is 23.0 Å². The number of nitro benzene ring substituents is 1. The highest BCUT2D eigenvalue weighted by Gasteiger charge is 2.33. The monoisotopic (exact) mass is 619 g/mol. The molecule has 228 valence electrons. The molecule has 1 aliphatic rings. The summed E-state index contributed by atoms with van der Waals surface area (Å²) < 4.78 is 29.4. The topological polar surface area (TPSA) is 145 Å². The van der Waals surface area contributed by atoms with Gasteiger partial charge in [0.05, 0.1) is 55.6 Å². The molecule has 2 aromatic carbocycles. The maximum Gasteiger partial charge on any atom is 0.284 e. The molecule has 0 saturated heterocycles. The highest BCUT2D eigenvalue weighted by molar-refractivity contribution is 7.07. The van der Waals surface area contributed by atoms with E-state index < -0.39 is 16.5 Å². The summed E-state index contributed by atoms with van der Waals surface area (Å²) in [7, 11) is 5.90. The first kappa shape index (κ1) is 30.3. The van der Waals surface area contributed by atoms with Crippen molar-refractivity contribution < 1.29 is 33.1 Å². The predicted octanol–water partition coefficient (Wildman–Crippen LogP) is 4.42. The summed E-state index contributed by atoms with van der Waals surface area (Å²) in [5, 5.41) is 11.7. The Bertz CT molecular complexity index is 1980. The quantitative estimate of drug-likeness (QED) is 0.186. The van der Waals surface area contributed by atoms with Gasteiger partial charge >= 0.3 is 0 Å². The molecule has 0 fully saturated rings. The number of carbonyl (C=O) groups excluding carboxylic acids is 1. The van der Waals surface area contributed by atoms with Crippen LogP contribution in [0.15, 0.2) is 67.9 Å². The van der Waals surface area contributed by atoms with E-state index >= 15 is 0 Å². The Hall–Kier alpha value is -5.17. The fourth-order valence-electron chi connectivity index (χ4n) is 5.14. The van der Waals surface area contributed by atoms with Gasteiger partial charge in [0.25, 0.3) is 11.2 Å². The van der Waals surface area contributed by atoms with E-state index in [9.17, 15) is 19.7 Å². The number of ketones is 1. The summed E-state index contributed by atoms with van der Waals surface area (Å²) in [4.78, 5) is 43.5. The van der Waals surface area contributed by atoms with Crippen LogP contribution in [0.25, 0.3) is 17.4 Å². The molecule has 0 radical (unpaired) electrons. The zero-order valence-electron chi connectivity index (χ0n) is 24.8. The van der Waals surface area contributed by atoms with Gasteiger partial charge in [-0.25, -0.2) is 4.99 Å². The third-order valence-corrected chi connectivity index (χ3v) is 8.20. The molecule has 0 aliphatic carbocycles. The fraction of sp³-hybridized carbons (Fsp3) is 0.258. The summed E-state index contributed by atoms with van der Waals surface area (Å²) in [6.07, 6.45) is 1.76. The zero-order valence-corrected chi connectivity index (χ0v) is 25.6. The minimum atomic E-state index is -0.816. The van der Waals surface area contributed by atoms with Crippen LogP contribution in [0.3, 0.4) is 0 Å². The minimum Gasteiger partial charge on any atom is -0.497 e. The number of aromatic nitrogens is 1. The number of nitrogens with zero attached hydrogens (tertiary/aromatic N) is 3. The van der Waals surface area contributed by atoms with Crippen LogP contribution < -0.4 is 33.8 Å². The van der Waals surface area contributed by atoms with E-state index in [0.29, 0.717) is 54.9 Å².